The highest BCUT2D eigenvalue weighted by Gasteiger charge is 2.25. The summed E-state index contributed by atoms with van der Waals surface area (Å²) >= 11 is 0. The number of anilines is 1. The molecule has 0 aliphatic carbocycles. The third-order valence-corrected chi connectivity index (χ3v) is 2.83. The zero-order valence-corrected chi connectivity index (χ0v) is 8.60. The molecule has 80 valence electrons. The summed E-state index contributed by atoms with van der Waals surface area (Å²) in [6, 6.07) is 3.72. The number of piperidine rings is 1. The third kappa shape index (κ3) is 2.15. The summed E-state index contributed by atoms with van der Waals surface area (Å²) in [6.45, 7) is 1.38. The Morgan fingerprint density at radius 3 is 2.80 bits per heavy atom. The zero-order valence-electron chi connectivity index (χ0n) is 8.60. The Labute approximate surface area is 89.1 Å². The fraction of sp³-hybridized carbons (Fsp3) is 0.455. The Hall–Kier alpha value is -1.42. The first-order valence-corrected chi connectivity index (χ1v) is 5.21. The van der Waals surface area contributed by atoms with Gasteiger partial charge in [0.25, 0.3) is 0 Å². The molecular formula is C11H15N3O. The molecule has 0 unspecified atom stereocenters. The molecule has 0 bridgehead atoms. The molecule has 2 heterocycles. The maximum atomic E-state index is 11.8. The molecule has 1 aromatic rings. The summed E-state index contributed by atoms with van der Waals surface area (Å²) in [7, 11) is 0. The van der Waals surface area contributed by atoms with Crippen molar-refractivity contribution in [2.75, 3.05) is 18.0 Å². The van der Waals surface area contributed by atoms with Gasteiger partial charge in [-0.25, -0.2) is 0 Å². The van der Waals surface area contributed by atoms with Crippen LogP contribution in [0.25, 0.3) is 0 Å². The molecule has 1 saturated heterocycles. The Morgan fingerprint density at radius 2 is 2.20 bits per heavy atom. The van der Waals surface area contributed by atoms with Gasteiger partial charge in [0.2, 0.25) is 5.91 Å². The van der Waals surface area contributed by atoms with Crippen LogP contribution in [0.2, 0.25) is 0 Å². The first kappa shape index (κ1) is 10.1. The molecule has 15 heavy (non-hydrogen) atoms. The molecule has 0 radical (unpaired) electrons. The number of nitrogens with zero attached hydrogens (tertiary/aromatic N) is 2. The van der Waals surface area contributed by atoms with Crippen LogP contribution in [0.3, 0.4) is 0 Å². The van der Waals surface area contributed by atoms with Gasteiger partial charge in [0.05, 0.1) is 0 Å². The molecule has 2 N–H and O–H groups in total. The van der Waals surface area contributed by atoms with Crippen molar-refractivity contribution in [3.05, 3.63) is 24.5 Å². The third-order valence-electron chi connectivity index (χ3n) is 2.83. The van der Waals surface area contributed by atoms with Gasteiger partial charge < -0.3 is 10.6 Å². The van der Waals surface area contributed by atoms with E-state index in [-0.39, 0.29) is 5.91 Å². The largest absolute Gasteiger partial charge is 0.330 e. The van der Waals surface area contributed by atoms with Gasteiger partial charge in [-0.15, -0.1) is 0 Å². The second kappa shape index (κ2) is 4.40. The van der Waals surface area contributed by atoms with Crippen LogP contribution in [0.5, 0.6) is 0 Å². The van der Waals surface area contributed by atoms with E-state index in [1.807, 2.05) is 17.0 Å². The van der Waals surface area contributed by atoms with Gasteiger partial charge >= 0.3 is 0 Å². The van der Waals surface area contributed by atoms with Gasteiger partial charge in [-0.05, 0) is 31.0 Å². The number of carbonyl (C=O) groups excluding carboxylic acids is 1. The maximum absolute atomic E-state index is 11.8. The topological polar surface area (TPSA) is 59.2 Å². The van der Waals surface area contributed by atoms with Crippen molar-refractivity contribution >= 4 is 11.6 Å². The molecule has 0 saturated carbocycles. The summed E-state index contributed by atoms with van der Waals surface area (Å²) in [5.74, 6) is 0.526. The van der Waals surface area contributed by atoms with Gasteiger partial charge in [-0.2, -0.15) is 0 Å². The molecule has 0 aromatic carbocycles. The summed E-state index contributed by atoms with van der Waals surface area (Å²) in [5.41, 5.74) is 6.50. The second-order valence-electron chi connectivity index (χ2n) is 3.85. The van der Waals surface area contributed by atoms with E-state index >= 15 is 0 Å². The number of hydrogen-bond acceptors (Lipinski definition) is 3. The van der Waals surface area contributed by atoms with Crippen LogP contribution in [-0.2, 0) is 4.79 Å². The smallest absolute Gasteiger partial charge is 0.227 e. The van der Waals surface area contributed by atoms with Crippen molar-refractivity contribution in [3.8, 4) is 0 Å². The summed E-state index contributed by atoms with van der Waals surface area (Å²) in [6.07, 6.45) is 4.97. The Morgan fingerprint density at radius 1 is 1.47 bits per heavy atom. The zero-order chi connectivity index (χ0) is 10.7. The van der Waals surface area contributed by atoms with Gasteiger partial charge in [0, 0.05) is 31.0 Å². The number of hydrogen-bond donors (Lipinski definition) is 1. The highest BCUT2D eigenvalue weighted by molar-refractivity contribution is 5.94. The first-order chi connectivity index (χ1) is 7.31. The molecule has 1 amide bonds. The number of carbonyl (C=O) groups is 1. The molecular weight excluding hydrogens is 190 g/mol. The van der Waals surface area contributed by atoms with E-state index in [4.69, 9.17) is 5.73 Å². The van der Waals surface area contributed by atoms with Crippen LogP contribution in [0.15, 0.2) is 24.5 Å². The van der Waals surface area contributed by atoms with Crippen LogP contribution < -0.4 is 10.6 Å². The maximum Gasteiger partial charge on any atom is 0.227 e. The van der Waals surface area contributed by atoms with E-state index in [2.05, 4.69) is 4.98 Å². The molecule has 2 rings (SSSR count). The molecule has 0 spiro atoms. The minimum Gasteiger partial charge on any atom is -0.330 e. The van der Waals surface area contributed by atoms with Crippen molar-refractivity contribution < 1.29 is 4.79 Å². The fourth-order valence-electron chi connectivity index (χ4n) is 1.89. The number of rotatable bonds is 2. The molecule has 4 nitrogen and oxygen atoms in total. The second-order valence-corrected chi connectivity index (χ2v) is 3.85. The van der Waals surface area contributed by atoms with E-state index in [1.165, 1.54) is 0 Å². The lowest BCUT2D eigenvalue weighted by atomic mass is 9.96. The predicted molar refractivity (Wildman–Crippen MR) is 58.4 cm³/mol. The van der Waals surface area contributed by atoms with Crippen LogP contribution in [0, 0.1) is 5.92 Å². The lowest BCUT2D eigenvalue weighted by molar-refractivity contribution is -0.120. The first-order valence-electron chi connectivity index (χ1n) is 5.21. The molecule has 1 fully saturated rings. The van der Waals surface area contributed by atoms with Gasteiger partial charge in [0.1, 0.15) is 0 Å². The van der Waals surface area contributed by atoms with E-state index in [0.29, 0.717) is 18.9 Å². The van der Waals surface area contributed by atoms with E-state index in [0.717, 1.165) is 18.7 Å². The van der Waals surface area contributed by atoms with Crippen LogP contribution in [0.1, 0.15) is 12.8 Å². The van der Waals surface area contributed by atoms with Crippen LogP contribution >= 0.6 is 0 Å². The monoisotopic (exact) mass is 205 g/mol. The summed E-state index contributed by atoms with van der Waals surface area (Å²) < 4.78 is 0. The highest BCUT2D eigenvalue weighted by Crippen LogP contribution is 2.22. The summed E-state index contributed by atoms with van der Waals surface area (Å²) in [4.78, 5) is 17.6. The minimum absolute atomic E-state index is 0.169. The Kier molecular flexibility index (Phi) is 2.97. The molecule has 1 atom stereocenters. The molecule has 1 aromatic heterocycles. The fourth-order valence-corrected chi connectivity index (χ4v) is 1.89. The SMILES string of the molecule is NC[C@@H]1CCN(c2ccncc2)C(=O)C1. The average Bonchev–Trinajstić information content (AvgIpc) is 2.30. The van der Waals surface area contributed by atoms with Crippen molar-refractivity contribution in [3.63, 3.8) is 0 Å². The van der Waals surface area contributed by atoms with Crippen molar-refractivity contribution in [2.45, 2.75) is 12.8 Å². The van der Waals surface area contributed by atoms with E-state index in [9.17, 15) is 4.79 Å². The minimum atomic E-state index is 0.169. The molecule has 1 aliphatic heterocycles. The van der Waals surface area contributed by atoms with Gasteiger partial charge in [-0.1, -0.05) is 0 Å². The van der Waals surface area contributed by atoms with E-state index in [1.54, 1.807) is 12.4 Å². The quantitative estimate of drug-likeness (QED) is 0.776. The Bertz CT molecular complexity index is 339. The lowest BCUT2D eigenvalue weighted by Gasteiger charge is -2.31. The molecule has 1 aliphatic rings. The number of amides is 1. The average molecular weight is 205 g/mol. The van der Waals surface area contributed by atoms with Crippen molar-refractivity contribution in [1.82, 2.24) is 4.98 Å². The standard InChI is InChI=1S/C11H15N3O/c12-8-9-3-6-14(11(15)7-9)10-1-4-13-5-2-10/h1-2,4-5,9H,3,6-8,12H2/t9-/m1/s1. The highest BCUT2D eigenvalue weighted by atomic mass is 16.2. The predicted octanol–water partition coefficient (Wildman–Crippen LogP) is 0.783. The number of aromatic nitrogens is 1. The summed E-state index contributed by atoms with van der Waals surface area (Å²) in [5, 5.41) is 0. The number of nitrogens with two attached hydrogens (primary N) is 1. The van der Waals surface area contributed by atoms with Gasteiger partial charge in [-0.3, -0.25) is 9.78 Å². The van der Waals surface area contributed by atoms with Gasteiger partial charge in [0.15, 0.2) is 0 Å². The lowest BCUT2D eigenvalue weighted by Crippen LogP contribution is -2.40. The Balaban J connectivity index is 2.10. The van der Waals surface area contributed by atoms with Crippen molar-refractivity contribution in [1.29, 1.82) is 0 Å². The number of pyridine rings is 1. The molecule has 4 heteroatoms. The normalized spacial score (nSPS) is 21.8. The van der Waals surface area contributed by atoms with Crippen LogP contribution in [0.4, 0.5) is 5.69 Å². The van der Waals surface area contributed by atoms with Crippen LogP contribution in [-0.4, -0.2) is 24.0 Å². The van der Waals surface area contributed by atoms with Crippen molar-refractivity contribution in [2.24, 2.45) is 11.7 Å². The van der Waals surface area contributed by atoms with E-state index < -0.39 is 0 Å².